The van der Waals surface area contributed by atoms with Gasteiger partial charge in [0, 0.05) is 18.8 Å². The third-order valence-electron chi connectivity index (χ3n) is 4.41. The van der Waals surface area contributed by atoms with Crippen LogP contribution >= 0.6 is 0 Å². The van der Waals surface area contributed by atoms with Crippen molar-refractivity contribution >= 4 is 27.6 Å². The molecule has 2 aromatic carbocycles. The van der Waals surface area contributed by atoms with Crippen molar-refractivity contribution in [2.24, 2.45) is 0 Å². The van der Waals surface area contributed by atoms with E-state index in [1.165, 1.54) is 16.4 Å². The van der Waals surface area contributed by atoms with Crippen molar-refractivity contribution in [3.8, 4) is 0 Å². The van der Waals surface area contributed by atoms with Gasteiger partial charge in [-0.05, 0) is 49.2 Å². The lowest BCUT2D eigenvalue weighted by Crippen LogP contribution is -2.30. The number of amides is 1. The molecule has 8 heteroatoms. The molecule has 2 aromatic rings. The lowest BCUT2D eigenvalue weighted by molar-refractivity contribution is -0.119. The first-order chi connectivity index (χ1) is 13.7. The molecule has 0 saturated heterocycles. The Morgan fingerprint density at radius 1 is 1.03 bits per heavy atom. The van der Waals surface area contributed by atoms with Crippen LogP contribution in [-0.2, 0) is 19.6 Å². The Labute approximate surface area is 171 Å². The summed E-state index contributed by atoms with van der Waals surface area (Å²) < 4.78 is 31.8. The average molecular weight is 419 g/mol. The van der Waals surface area contributed by atoms with Gasteiger partial charge in [0.15, 0.2) is 6.61 Å². The molecule has 2 rings (SSSR count). The van der Waals surface area contributed by atoms with E-state index < -0.39 is 28.5 Å². The first-order valence-corrected chi connectivity index (χ1v) is 10.8. The molecule has 0 fully saturated rings. The van der Waals surface area contributed by atoms with Crippen LogP contribution in [0.2, 0.25) is 0 Å². The zero-order valence-electron chi connectivity index (χ0n) is 17.1. The number of carbonyl (C=O) groups is 2. The first kappa shape index (κ1) is 22.6. The molecule has 0 unspecified atom stereocenters. The molecule has 0 atom stereocenters. The molecule has 0 heterocycles. The number of esters is 1. The van der Waals surface area contributed by atoms with Crippen molar-refractivity contribution in [2.75, 3.05) is 25.0 Å². The van der Waals surface area contributed by atoms with Gasteiger partial charge in [0.05, 0.1) is 10.5 Å². The minimum atomic E-state index is -3.70. The molecule has 29 heavy (non-hydrogen) atoms. The van der Waals surface area contributed by atoms with Crippen LogP contribution in [0, 0.1) is 13.8 Å². The van der Waals surface area contributed by atoms with Gasteiger partial charge in [-0.1, -0.05) is 32.0 Å². The summed E-state index contributed by atoms with van der Waals surface area (Å²) in [4.78, 5) is 24.5. The molecule has 0 aliphatic carbocycles. The van der Waals surface area contributed by atoms with Crippen LogP contribution < -0.4 is 5.32 Å². The van der Waals surface area contributed by atoms with Crippen molar-refractivity contribution in [1.29, 1.82) is 0 Å². The molecule has 0 radical (unpaired) electrons. The number of nitrogens with one attached hydrogen (secondary N) is 1. The summed E-state index contributed by atoms with van der Waals surface area (Å²) in [7, 11) is -3.70. The Bertz CT molecular complexity index is 998. The van der Waals surface area contributed by atoms with E-state index in [2.05, 4.69) is 5.32 Å². The van der Waals surface area contributed by atoms with Crippen LogP contribution in [0.25, 0.3) is 0 Å². The Balaban J connectivity index is 2.11. The summed E-state index contributed by atoms with van der Waals surface area (Å²) in [6, 6.07) is 11.6. The topological polar surface area (TPSA) is 92.8 Å². The Morgan fingerprint density at radius 3 is 2.34 bits per heavy atom. The Kier molecular flexibility index (Phi) is 7.53. The number of sulfonamides is 1. The summed E-state index contributed by atoms with van der Waals surface area (Å²) in [5.74, 6) is -1.23. The van der Waals surface area contributed by atoms with Gasteiger partial charge in [0.1, 0.15) is 0 Å². The van der Waals surface area contributed by atoms with E-state index in [9.17, 15) is 18.0 Å². The normalized spacial score (nSPS) is 11.3. The number of hydrogen-bond donors (Lipinski definition) is 1. The van der Waals surface area contributed by atoms with E-state index in [0.717, 1.165) is 5.56 Å². The standard InChI is InChI=1S/C21H26N2O5S/c1-5-23(6-2)29(26,27)18-11-10-16(4)19(13-18)21(25)28-14-20(24)22-17-9-7-8-15(3)12-17/h7-13H,5-6,14H2,1-4H3,(H,22,24). The average Bonchev–Trinajstić information content (AvgIpc) is 2.67. The third kappa shape index (κ3) is 5.65. The lowest BCUT2D eigenvalue weighted by atomic mass is 10.1. The van der Waals surface area contributed by atoms with Crippen molar-refractivity contribution in [3.63, 3.8) is 0 Å². The van der Waals surface area contributed by atoms with Crippen LogP contribution in [0.1, 0.15) is 35.3 Å². The van der Waals surface area contributed by atoms with Crippen LogP contribution in [0.15, 0.2) is 47.4 Å². The highest BCUT2D eigenvalue weighted by molar-refractivity contribution is 7.89. The maximum Gasteiger partial charge on any atom is 0.338 e. The molecule has 0 aromatic heterocycles. The summed E-state index contributed by atoms with van der Waals surface area (Å²) in [5, 5.41) is 2.65. The highest BCUT2D eigenvalue weighted by Gasteiger charge is 2.24. The fourth-order valence-corrected chi connectivity index (χ4v) is 4.31. The first-order valence-electron chi connectivity index (χ1n) is 9.33. The lowest BCUT2D eigenvalue weighted by Gasteiger charge is -2.19. The maximum absolute atomic E-state index is 12.7. The monoisotopic (exact) mass is 418 g/mol. The predicted molar refractivity (Wildman–Crippen MR) is 111 cm³/mol. The zero-order valence-corrected chi connectivity index (χ0v) is 17.9. The van der Waals surface area contributed by atoms with E-state index in [-0.39, 0.29) is 10.5 Å². The fourth-order valence-electron chi connectivity index (χ4n) is 2.82. The number of rotatable bonds is 8. The fraction of sp³-hybridized carbons (Fsp3) is 0.333. The molecule has 156 valence electrons. The maximum atomic E-state index is 12.7. The summed E-state index contributed by atoms with van der Waals surface area (Å²) in [6.07, 6.45) is 0. The number of ether oxygens (including phenoxy) is 1. The molecule has 0 bridgehead atoms. The van der Waals surface area contributed by atoms with E-state index in [0.29, 0.717) is 24.3 Å². The quantitative estimate of drug-likeness (QED) is 0.665. The van der Waals surface area contributed by atoms with Crippen molar-refractivity contribution < 1.29 is 22.7 Å². The third-order valence-corrected chi connectivity index (χ3v) is 6.45. The number of hydrogen-bond acceptors (Lipinski definition) is 5. The van der Waals surface area contributed by atoms with Gasteiger partial charge < -0.3 is 10.1 Å². The smallest absolute Gasteiger partial charge is 0.338 e. The molecule has 0 saturated carbocycles. The SMILES string of the molecule is CCN(CC)S(=O)(=O)c1ccc(C)c(C(=O)OCC(=O)Nc2cccc(C)c2)c1. The van der Waals surface area contributed by atoms with Crippen LogP contribution in [0.3, 0.4) is 0 Å². The highest BCUT2D eigenvalue weighted by Crippen LogP contribution is 2.20. The van der Waals surface area contributed by atoms with Crippen LogP contribution in [0.5, 0.6) is 0 Å². The Hall–Kier alpha value is -2.71. The molecule has 1 N–H and O–H groups in total. The largest absolute Gasteiger partial charge is 0.452 e. The highest BCUT2D eigenvalue weighted by atomic mass is 32.2. The molecule has 7 nitrogen and oxygen atoms in total. The van der Waals surface area contributed by atoms with Crippen molar-refractivity contribution in [2.45, 2.75) is 32.6 Å². The van der Waals surface area contributed by atoms with Gasteiger partial charge >= 0.3 is 5.97 Å². The molecular weight excluding hydrogens is 392 g/mol. The number of anilines is 1. The number of benzene rings is 2. The van der Waals surface area contributed by atoms with Crippen LogP contribution in [0.4, 0.5) is 5.69 Å². The van der Waals surface area contributed by atoms with Gasteiger partial charge in [-0.15, -0.1) is 0 Å². The predicted octanol–water partition coefficient (Wildman–Crippen LogP) is 3.13. The molecule has 0 aliphatic rings. The number of nitrogens with zero attached hydrogens (tertiary/aromatic N) is 1. The minimum absolute atomic E-state index is 0.0166. The van der Waals surface area contributed by atoms with Gasteiger partial charge in [-0.2, -0.15) is 4.31 Å². The molecule has 0 spiro atoms. The number of aryl methyl sites for hydroxylation is 2. The summed E-state index contributed by atoms with van der Waals surface area (Å²) in [6.45, 7) is 7.25. The van der Waals surface area contributed by atoms with Gasteiger partial charge in [0.25, 0.3) is 5.91 Å². The zero-order chi connectivity index (χ0) is 21.6. The molecule has 1 amide bonds. The van der Waals surface area contributed by atoms with Gasteiger partial charge in [0.2, 0.25) is 10.0 Å². The van der Waals surface area contributed by atoms with Gasteiger partial charge in [-0.3, -0.25) is 4.79 Å². The van der Waals surface area contributed by atoms with E-state index in [1.54, 1.807) is 39.0 Å². The Morgan fingerprint density at radius 2 is 1.72 bits per heavy atom. The second kappa shape index (κ2) is 9.67. The van der Waals surface area contributed by atoms with Crippen LogP contribution in [-0.4, -0.2) is 44.3 Å². The molecule has 0 aliphatic heterocycles. The van der Waals surface area contributed by atoms with Crippen molar-refractivity contribution in [3.05, 3.63) is 59.2 Å². The van der Waals surface area contributed by atoms with Gasteiger partial charge in [-0.25, -0.2) is 13.2 Å². The summed E-state index contributed by atoms with van der Waals surface area (Å²) >= 11 is 0. The molecular formula is C21H26N2O5S. The van der Waals surface area contributed by atoms with E-state index in [1.807, 2.05) is 19.1 Å². The second-order valence-electron chi connectivity index (χ2n) is 6.56. The second-order valence-corrected chi connectivity index (χ2v) is 8.50. The summed E-state index contributed by atoms with van der Waals surface area (Å²) in [5.41, 5.74) is 2.27. The minimum Gasteiger partial charge on any atom is -0.452 e. The van der Waals surface area contributed by atoms with E-state index in [4.69, 9.17) is 4.74 Å². The van der Waals surface area contributed by atoms with E-state index >= 15 is 0 Å². The van der Waals surface area contributed by atoms with Crippen molar-refractivity contribution in [1.82, 2.24) is 4.31 Å². The number of carbonyl (C=O) groups excluding carboxylic acids is 2.